The molecule has 0 amide bonds. The summed E-state index contributed by atoms with van der Waals surface area (Å²) in [6.07, 6.45) is 15.3. The average molecular weight is 758 g/mol. The number of aromatic nitrogens is 3. The second-order valence-electron chi connectivity index (χ2n) is 15.5. The minimum absolute atomic E-state index is 0.233. The summed E-state index contributed by atoms with van der Waals surface area (Å²) in [6.45, 7) is 0. The van der Waals surface area contributed by atoms with E-state index in [2.05, 4.69) is 134 Å². The van der Waals surface area contributed by atoms with Gasteiger partial charge in [0.1, 0.15) is 33.5 Å². The Hall–Kier alpha value is -7.83. The van der Waals surface area contributed by atoms with Crippen LogP contribution in [0.4, 0.5) is 0 Å². The van der Waals surface area contributed by atoms with E-state index in [1.54, 1.807) is 0 Å². The molecule has 0 fully saturated rings. The lowest BCUT2D eigenvalue weighted by Gasteiger charge is -2.22. The highest BCUT2D eigenvalue weighted by atomic mass is 16.3. The van der Waals surface area contributed by atoms with E-state index in [1.165, 1.54) is 5.39 Å². The van der Waals surface area contributed by atoms with Gasteiger partial charge < -0.3 is 13.3 Å². The number of hydrogen-bond donors (Lipinski definition) is 0. The van der Waals surface area contributed by atoms with Crippen molar-refractivity contribution in [3.8, 4) is 33.9 Å². The zero-order valence-corrected chi connectivity index (χ0v) is 31.5. The molecule has 6 heteroatoms. The molecule has 4 heterocycles. The van der Waals surface area contributed by atoms with Crippen molar-refractivity contribution in [2.24, 2.45) is 11.8 Å². The van der Waals surface area contributed by atoms with Gasteiger partial charge in [-0.1, -0.05) is 121 Å². The minimum atomic E-state index is 0.233. The molecule has 0 saturated carbocycles. The molecule has 0 radical (unpaired) electrons. The van der Waals surface area contributed by atoms with E-state index in [0.29, 0.717) is 23.4 Å². The normalized spacial score (nSPS) is 16.4. The Bertz CT molecular complexity index is 3710. The highest BCUT2D eigenvalue weighted by Gasteiger charge is 2.23. The molecular weight excluding hydrogens is 727 g/mol. The third-order valence-corrected chi connectivity index (χ3v) is 12.0. The summed E-state index contributed by atoms with van der Waals surface area (Å²) in [4.78, 5) is 15.5. The number of hydrogen-bond acceptors (Lipinski definition) is 6. The summed E-state index contributed by atoms with van der Waals surface area (Å²) < 4.78 is 19.4. The predicted molar refractivity (Wildman–Crippen MR) is 238 cm³/mol. The molecule has 13 rings (SSSR count). The monoisotopic (exact) mass is 757 g/mol. The van der Waals surface area contributed by atoms with Crippen LogP contribution in [0.3, 0.4) is 0 Å². The summed E-state index contributed by atoms with van der Waals surface area (Å²) in [6, 6.07) is 45.9. The Morgan fingerprint density at radius 3 is 1.88 bits per heavy atom. The van der Waals surface area contributed by atoms with Gasteiger partial charge in [-0.3, -0.25) is 0 Å². The second-order valence-corrected chi connectivity index (χ2v) is 15.5. The molecule has 2 atom stereocenters. The lowest BCUT2D eigenvalue weighted by molar-refractivity contribution is 0.662. The lowest BCUT2D eigenvalue weighted by Crippen LogP contribution is -2.12. The fourth-order valence-electron chi connectivity index (χ4n) is 9.18. The van der Waals surface area contributed by atoms with E-state index in [9.17, 15) is 0 Å². The van der Waals surface area contributed by atoms with Crippen LogP contribution < -0.4 is 0 Å². The van der Waals surface area contributed by atoms with Crippen LogP contribution in [0.25, 0.3) is 116 Å². The molecular formula is C53H31N3O3. The maximum absolute atomic E-state index is 6.67. The van der Waals surface area contributed by atoms with Crippen molar-refractivity contribution >= 4 is 82.2 Å². The van der Waals surface area contributed by atoms with Gasteiger partial charge in [0, 0.05) is 60.9 Å². The first kappa shape index (κ1) is 32.3. The lowest BCUT2D eigenvalue weighted by atomic mass is 9.83. The molecule has 59 heavy (non-hydrogen) atoms. The fraction of sp³-hybridized carbons (Fsp3) is 0.0377. The van der Waals surface area contributed by atoms with Crippen LogP contribution in [0.5, 0.6) is 0 Å². The molecule has 0 N–H and O–H groups in total. The van der Waals surface area contributed by atoms with Gasteiger partial charge in [0.15, 0.2) is 17.5 Å². The molecule has 2 unspecified atom stereocenters. The van der Waals surface area contributed by atoms with Gasteiger partial charge in [0.2, 0.25) is 0 Å². The van der Waals surface area contributed by atoms with Crippen LogP contribution in [0.15, 0.2) is 189 Å². The predicted octanol–water partition coefficient (Wildman–Crippen LogP) is 14.0. The van der Waals surface area contributed by atoms with E-state index >= 15 is 0 Å². The summed E-state index contributed by atoms with van der Waals surface area (Å²) in [7, 11) is 0. The molecule has 6 nitrogen and oxygen atoms in total. The topological polar surface area (TPSA) is 78.1 Å². The summed E-state index contributed by atoms with van der Waals surface area (Å²) >= 11 is 0. The van der Waals surface area contributed by atoms with Crippen molar-refractivity contribution in [1.29, 1.82) is 0 Å². The average Bonchev–Trinajstić information content (AvgIpc) is 3.98. The Morgan fingerprint density at radius 2 is 1.00 bits per heavy atom. The number of rotatable bonds is 4. The number of fused-ring (bicyclic) bond motifs is 11. The quantitative estimate of drug-likeness (QED) is 0.178. The number of allylic oxidation sites excluding steroid dienone is 8. The molecule has 0 bridgehead atoms. The van der Waals surface area contributed by atoms with Crippen molar-refractivity contribution in [1.82, 2.24) is 15.0 Å². The fourth-order valence-corrected chi connectivity index (χ4v) is 9.18. The van der Waals surface area contributed by atoms with Gasteiger partial charge in [0.05, 0.1) is 0 Å². The molecule has 4 aromatic heterocycles. The Kier molecular flexibility index (Phi) is 6.75. The van der Waals surface area contributed by atoms with Gasteiger partial charge in [-0.2, -0.15) is 0 Å². The molecule has 11 aromatic rings. The highest BCUT2D eigenvalue weighted by Crippen LogP contribution is 2.42. The molecule has 2 aliphatic rings. The first-order valence-corrected chi connectivity index (χ1v) is 19.9. The van der Waals surface area contributed by atoms with Crippen molar-refractivity contribution < 1.29 is 13.3 Å². The summed E-state index contributed by atoms with van der Waals surface area (Å²) in [5, 5.41) is 8.60. The third kappa shape index (κ3) is 5.03. The van der Waals surface area contributed by atoms with Crippen LogP contribution in [-0.2, 0) is 0 Å². The van der Waals surface area contributed by atoms with E-state index in [4.69, 9.17) is 28.2 Å². The molecule has 0 aliphatic heterocycles. The maximum Gasteiger partial charge on any atom is 0.164 e. The molecule has 276 valence electrons. The van der Waals surface area contributed by atoms with Gasteiger partial charge in [0.25, 0.3) is 0 Å². The molecule has 0 saturated heterocycles. The summed E-state index contributed by atoms with van der Waals surface area (Å²) in [5.74, 6) is 2.31. The molecule has 7 aromatic carbocycles. The van der Waals surface area contributed by atoms with E-state index in [0.717, 1.165) is 99.0 Å². The van der Waals surface area contributed by atoms with Crippen molar-refractivity contribution in [2.45, 2.75) is 0 Å². The van der Waals surface area contributed by atoms with Crippen molar-refractivity contribution in [2.75, 3.05) is 0 Å². The van der Waals surface area contributed by atoms with Crippen LogP contribution in [0.1, 0.15) is 5.82 Å². The first-order valence-electron chi connectivity index (χ1n) is 19.9. The van der Waals surface area contributed by atoms with E-state index in [1.807, 2.05) is 42.5 Å². The van der Waals surface area contributed by atoms with Gasteiger partial charge >= 0.3 is 0 Å². The van der Waals surface area contributed by atoms with Gasteiger partial charge in [-0.15, -0.1) is 0 Å². The van der Waals surface area contributed by atoms with Crippen LogP contribution in [0, 0.1) is 11.8 Å². The van der Waals surface area contributed by atoms with Crippen LogP contribution in [0.2, 0.25) is 0 Å². The van der Waals surface area contributed by atoms with E-state index < -0.39 is 0 Å². The standard InChI is InChI=1S/C53H31N3O3/c1-2-10-31-25-35(20-19-30(31)9-1)51-54-52(36-22-23-39-38-13-5-6-16-43(38)57-46(39)29-36)56-53(55-51)41-15-8-18-45-50(41)40-24-21-34(28-47(40)58-45)37-14-7-17-44-49(37)42-26-32-11-3-4-12-33(32)27-48(42)59-44/h1-31H. The Labute approximate surface area is 336 Å². The smallest absolute Gasteiger partial charge is 0.164 e. The van der Waals surface area contributed by atoms with Crippen LogP contribution >= 0.6 is 0 Å². The number of para-hydroxylation sites is 1. The third-order valence-electron chi connectivity index (χ3n) is 12.0. The van der Waals surface area contributed by atoms with Crippen LogP contribution in [-0.4, -0.2) is 15.0 Å². The SMILES string of the molecule is C1=CC2C=CC(c3nc(-c4ccc5c(c4)oc4ccccc45)nc(-c4cccc5oc6cc(-c7cccc8oc9cc%10ccccc%10cc9c78)ccc6c45)n3)=CC2C=C1. The van der Waals surface area contributed by atoms with Crippen molar-refractivity contribution in [3.63, 3.8) is 0 Å². The zero-order chi connectivity index (χ0) is 38.6. The number of benzene rings is 7. The zero-order valence-electron chi connectivity index (χ0n) is 31.5. The van der Waals surface area contributed by atoms with Gasteiger partial charge in [-0.05, 0) is 76.5 Å². The highest BCUT2D eigenvalue weighted by molar-refractivity contribution is 6.17. The Balaban J connectivity index is 0.980. The first-order chi connectivity index (χ1) is 29.2. The van der Waals surface area contributed by atoms with E-state index in [-0.39, 0.29) is 5.92 Å². The maximum atomic E-state index is 6.67. The molecule has 0 spiro atoms. The summed E-state index contributed by atoms with van der Waals surface area (Å²) in [5.41, 5.74) is 9.74. The molecule has 2 aliphatic carbocycles. The minimum Gasteiger partial charge on any atom is -0.456 e. The largest absolute Gasteiger partial charge is 0.456 e. The number of furan rings is 3. The number of nitrogens with zero attached hydrogens (tertiary/aromatic N) is 3. The van der Waals surface area contributed by atoms with Gasteiger partial charge in [-0.25, -0.2) is 15.0 Å². The van der Waals surface area contributed by atoms with Crippen molar-refractivity contribution in [3.05, 3.63) is 182 Å². The Morgan fingerprint density at radius 1 is 0.390 bits per heavy atom. The second kappa shape index (κ2) is 12.3.